The molecule has 0 spiro atoms. The van der Waals surface area contributed by atoms with Crippen LogP contribution in [0.15, 0.2) is 59.4 Å². The number of hydrogen-bond donors (Lipinski definition) is 1. The first-order valence-corrected chi connectivity index (χ1v) is 13.6. The van der Waals surface area contributed by atoms with E-state index in [1.54, 1.807) is 18.2 Å². The first-order chi connectivity index (χ1) is 18.8. The number of fused-ring (bicyclic) bond motifs is 4. The smallest absolute Gasteiger partial charge is 0.488 e. The fraction of sp³-hybridized carbons (Fsp3) is 0.207. The molecule has 198 valence electrons. The highest BCUT2D eigenvalue weighted by Crippen LogP contribution is 2.39. The monoisotopic (exact) mass is 546 g/mol. The number of ether oxygens (including phenoxy) is 2. The second-order valence-corrected chi connectivity index (χ2v) is 10.3. The fourth-order valence-corrected chi connectivity index (χ4v) is 5.77. The van der Waals surface area contributed by atoms with Crippen LogP contribution in [-0.2, 0) is 15.2 Å². The van der Waals surface area contributed by atoms with Crippen molar-refractivity contribution in [2.45, 2.75) is 18.9 Å². The second kappa shape index (κ2) is 9.45. The van der Waals surface area contributed by atoms with Crippen LogP contribution in [0, 0.1) is 12.3 Å². The topological polar surface area (TPSA) is 99.6 Å². The summed E-state index contributed by atoms with van der Waals surface area (Å²) < 4.78 is 53.2. The third-order valence-electron chi connectivity index (χ3n) is 7.13. The lowest BCUT2D eigenvalue weighted by atomic mass is 9.99. The van der Waals surface area contributed by atoms with E-state index in [1.807, 2.05) is 24.3 Å². The molecule has 0 saturated carbocycles. The van der Waals surface area contributed by atoms with Gasteiger partial charge in [0.2, 0.25) is 0 Å². The lowest BCUT2D eigenvalue weighted by Gasteiger charge is -2.27. The number of pyridine rings is 1. The van der Waals surface area contributed by atoms with Gasteiger partial charge in [-0.15, -0.1) is 6.42 Å². The summed E-state index contributed by atoms with van der Waals surface area (Å²) in [4.78, 5) is 17.4. The molecule has 3 aromatic carbocycles. The average Bonchev–Trinajstić information content (AvgIpc) is 3.31. The van der Waals surface area contributed by atoms with E-state index in [0.717, 1.165) is 23.7 Å². The van der Waals surface area contributed by atoms with Crippen molar-refractivity contribution in [3.63, 3.8) is 0 Å². The van der Waals surface area contributed by atoms with Crippen LogP contribution in [0.5, 0.6) is 11.5 Å². The number of H-pyrrole nitrogens is 1. The molecular formula is C29H23FN2O6S. The van der Waals surface area contributed by atoms with Crippen molar-refractivity contribution in [2.75, 3.05) is 20.3 Å². The quantitative estimate of drug-likeness (QED) is 0.239. The van der Waals surface area contributed by atoms with Gasteiger partial charge >= 0.3 is 10.5 Å². The molecule has 6 rings (SSSR count). The predicted molar refractivity (Wildman–Crippen MR) is 147 cm³/mol. The van der Waals surface area contributed by atoms with E-state index in [2.05, 4.69) is 19.7 Å². The van der Waals surface area contributed by atoms with E-state index in [4.69, 9.17) is 15.9 Å². The van der Waals surface area contributed by atoms with Crippen LogP contribution in [0.25, 0.3) is 44.0 Å². The largest absolute Gasteiger partial charge is 0.496 e. The van der Waals surface area contributed by atoms with Gasteiger partial charge in [0.15, 0.2) is 5.43 Å². The Balaban J connectivity index is 1.69. The summed E-state index contributed by atoms with van der Waals surface area (Å²) in [5.41, 5.74) is 3.76. The third-order valence-corrected chi connectivity index (χ3v) is 7.52. The summed E-state index contributed by atoms with van der Waals surface area (Å²) in [6.45, 7) is 1.17. The van der Waals surface area contributed by atoms with Gasteiger partial charge in [-0.05, 0) is 54.8 Å². The number of nitrogens with one attached hydrogen (secondary N) is 1. The van der Waals surface area contributed by atoms with Gasteiger partial charge in [0.25, 0.3) is 0 Å². The maximum absolute atomic E-state index is 14.0. The van der Waals surface area contributed by atoms with E-state index in [-0.39, 0.29) is 17.2 Å². The van der Waals surface area contributed by atoms with Crippen molar-refractivity contribution in [1.29, 1.82) is 0 Å². The Morgan fingerprint density at radius 1 is 1.10 bits per heavy atom. The van der Waals surface area contributed by atoms with Gasteiger partial charge in [0.1, 0.15) is 17.1 Å². The van der Waals surface area contributed by atoms with E-state index < -0.39 is 10.5 Å². The van der Waals surface area contributed by atoms with Crippen LogP contribution in [0.4, 0.5) is 3.89 Å². The Morgan fingerprint density at radius 3 is 2.62 bits per heavy atom. The molecule has 0 amide bonds. The molecule has 1 fully saturated rings. The molecule has 0 atom stereocenters. The van der Waals surface area contributed by atoms with Crippen molar-refractivity contribution >= 4 is 43.3 Å². The van der Waals surface area contributed by atoms with Crippen LogP contribution in [0.2, 0.25) is 0 Å². The minimum absolute atomic E-state index is 0.0390. The molecule has 1 N–H and O–H groups in total. The van der Waals surface area contributed by atoms with Crippen molar-refractivity contribution in [2.24, 2.45) is 0 Å². The molecule has 0 aliphatic carbocycles. The highest BCUT2D eigenvalue weighted by Gasteiger charge is 2.25. The molecule has 39 heavy (non-hydrogen) atoms. The van der Waals surface area contributed by atoms with Crippen molar-refractivity contribution < 1.29 is 26.0 Å². The molecule has 2 aromatic heterocycles. The number of aromatic amines is 1. The Kier molecular flexibility index (Phi) is 6.05. The summed E-state index contributed by atoms with van der Waals surface area (Å²) >= 11 is 0. The average molecular weight is 547 g/mol. The van der Waals surface area contributed by atoms with Crippen molar-refractivity contribution in [3.8, 4) is 35.0 Å². The molecule has 0 unspecified atom stereocenters. The standard InChI is InChI=1S/C29H23FN2O6S/c1-3-17-7-8-21-24(13-17)31-29-27(21)28(33)23-16-26(36-2)22(15-25(23)32(29)19-9-11-37-12-10-19)18-5-4-6-20(14-18)38-39(30,34)35/h1,4-8,13-16,19,31H,9-12H2,2H3. The maximum atomic E-state index is 14.0. The number of benzene rings is 3. The minimum Gasteiger partial charge on any atom is -0.496 e. The molecule has 1 saturated heterocycles. The fourth-order valence-electron chi connectivity index (χ4n) is 5.44. The normalized spacial score (nSPS) is 14.6. The summed E-state index contributed by atoms with van der Waals surface area (Å²) in [6.07, 6.45) is 7.11. The zero-order valence-corrected chi connectivity index (χ0v) is 21.7. The number of terminal acetylenes is 1. The first kappa shape index (κ1) is 25.0. The highest BCUT2D eigenvalue weighted by molar-refractivity contribution is 7.81. The molecule has 3 heterocycles. The zero-order chi connectivity index (χ0) is 27.3. The third kappa shape index (κ3) is 4.39. The van der Waals surface area contributed by atoms with Gasteiger partial charge in [0, 0.05) is 41.3 Å². The lowest BCUT2D eigenvalue weighted by molar-refractivity contribution is 0.0715. The molecule has 0 bridgehead atoms. The van der Waals surface area contributed by atoms with E-state index in [1.165, 1.54) is 19.2 Å². The van der Waals surface area contributed by atoms with Gasteiger partial charge in [-0.3, -0.25) is 4.79 Å². The lowest BCUT2D eigenvalue weighted by Crippen LogP contribution is -2.22. The van der Waals surface area contributed by atoms with Crippen molar-refractivity contribution in [3.05, 3.63) is 70.4 Å². The van der Waals surface area contributed by atoms with Gasteiger partial charge in [-0.25, -0.2) is 0 Å². The van der Waals surface area contributed by atoms with E-state index in [0.29, 0.717) is 57.6 Å². The summed E-state index contributed by atoms with van der Waals surface area (Å²) in [7, 11) is -3.71. The summed E-state index contributed by atoms with van der Waals surface area (Å²) in [5, 5.41) is 1.80. The number of halogens is 1. The minimum atomic E-state index is -5.20. The molecule has 8 nitrogen and oxygen atoms in total. The van der Waals surface area contributed by atoms with Gasteiger partial charge < -0.3 is 23.2 Å². The predicted octanol–water partition coefficient (Wildman–Crippen LogP) is 5.24. The zero-order valence-electron chi connectivity index (χ0n) is 20.9. The molecule has 1 aliphatic heterocycles. The molecular weight excluding hydrogens is 523 g/mol. The number of hydrogen-bond acceptors (Lipinski definition) is 6. The van der Waals surface area contributed by atoms with E-state index in [9.17, 15) is 17.1 Å². The van der Waals surface area contributed by atoms with Crippen LogP contribution in [0.1, 0.15) is 24.4 Å². The highest BCUT2D eigenvalue weighted by atomic mass is 32.3. The number of methoxy groups -OCH3 is 1. The van der Waals surface area contributed by atoms with Crippen molar-refractivity contribution in [1.82, 2.24) is 9.55 Å². The molecule has 10 heteroatoms. The Bertz CT molecular complexity index is 1980. The molecule has 1 aliphatic rings. The molecule has 5 aromatic rings. The Morgan fingerprint density at radius 2 is 1.90 bits per heavy atom. The second-order valence-electron chi connectivity index (χ2n) is 9.37. The number of rotatable bonds is 5. The first-order valence-electron chi connectivity index (χ1n) is 12.3. The van der Waals surface area contributed by atoms with Gasteiger partial charge in [0.05, 0.1) is 23.4 Å². The number of aromatic nitrogens is 2. The van der Waals surface area contributed by atoms with Crippen LogP contribution >= 0.6 is 0 Å². The number of nitrogens with zero attached hydrogens (tertiary/aromatic N) is 1. The van der Waals surface area contributed by atoms with Gasteiger partial charge in [-0.2, -0.15) is 8.42 Å². The maximum Gasteiger partial charge on any atom is 0.488 e. The SMILES string of the molecule is C#Cc1ccc2c(c1)[nH]c1c2c(=O)c2cc(OC)c(-c3cccc(OS(=O)(=O)F)c3)cc2n1C1CCOCC1. The Labute approximate surface area is 223 Å². The van der Waals surface area contributed by atoms with Crippen LogP contribution in [-0.4, -0.2) is 38.3 Å². The summed E-state index contributed by atoms with van der Waals surface area (Å²) in [5.74, 6) is 2.85. The molecule has 0 radical (unpaired) electrons. The van der Waals surface area contributed by atoms with Crippen LogP contribution in [0.3, 0.4) is 0 Å². The summed E-state index contributed by atoms with van der Waals surface area (Å²) in [6, 6.07) is 15.1. The van der Waals surface area contributed by atoms with Gasteiger partial charge in [-0.1, -0.05) is 28.0 Å². The van der Waals surface area contributed by atoms with E-state index >= 15 is 0 Å². The van der Waals surface area contributed by atoms with Crippen LogP contribution < -0.4 is 14.3 Å². The Hall–Kier alpha value is -4.33.